The van der Waals surface area contributed by atoms with E-state index in [1.165, 1.54) is 10.4 Å². The van der Waals surface area contributed by atoms with E-state index in [-0.39, 0.29) is 24.5 Å². The van der Waals surface area contributed by atoms with Crippen LogP contribution in [0.3, 0.4) is 0 Å². The largest absolute Gasteiger partial charge is 0.493 e. The zero-order valence-corrected chi connectivity index (χ0v) is 19.1. The molecule has 2 heterocycles. The van der Waals surface area contributed by atoms with Gasteiger partial charge in [-0.2, -0.15) is 11.8 Å². The number of hydrogen-bond acceptors (Lipinski definition) is 7. The van der Waals surface area contributed by atoms with Gasteiger partial charge >= 0.3 is 0 Å². The molecule has 1 aromatic carbocycles. The average molecular weight is 473 g/mol. The lowest BCUT2D eigenvalue weighted by molar-refractivity contribution is -0.118. The molecule has 3 aromatic rings. The van der Waals surface area contributed by atoms with Crippen molar-refractivity contribution < 1.29 is 14.3 Å². The minimum Gasteiger partial charge on any atom is -0.493 e. The van der Waals surface area contributed by atoms with E-state index in [1.54, 1.807) is 47.4 Å². The highest BCUT2D eigenvalue weighted by Gasteiger charge is 2.21. The second-order valence-electron chi connectivity index (χ2n) is 7.49. The summed E-state index contributed by atoms with van der Waals surface area (Å²) in [5.74, 6) is 1.92. The highest BCUT2D eigenvalue weighted by molar-refractivity contribution is 7.98. The number of primary amides is 1. The molecule has 0 aliphatic heterocycles. The predicted octanol–water partition coefficient (Wildman–Crippen LogP) is 2.99. The first-order valence-electron chi connectivity index (χ1n) is 10.4. The number of aryl methyl sites for hydroxylation is 2. The Hall–Kier alpha value is -2.85. The van der Waals surface area contributed by atoms with E-state index in [0.717, 1.165) is 29.5 Å². The van der Waals surface area contributed by atoms with Crippen molar-refractivity contribution in [3.05, 3.63) is 50.9 Å². The summed E-state index contributed by atoms with van der Waals surface area (Å²) >= 11 is 3.19. The molecule has 0 spiro atoms. The Labute approximate surface area is 193 Å². The van der Waals surface area contributed by atoms with Crippen LogP contribution in [0.2, 0.25) is 0 Å². The number of carbonyl (C=O) groups is 2. The van der Waals surface area contributed by atoms with Crippen LogP contribution in [0.4, 0.5) is 5.69 Å². The third-order valence-electron chi connectivity index (χ3n) is 5.09. The van der Waals surface area contributed by atoms with Gasteiger partial charge in [0.1, 0.15) is 16.4 Å². The van der Waals surface area contributed by atoms with Crippen LogP contribution in [0.1, 0.15) is 35.5 Å². The number of thioether (sulfide) groups is 1. The highest BCUT2D eigenvalue weighted by Crippen LogP contribution is 2.34. The summed E-state index contributed by atoms with van der Waals surface area (Å²) in [7, 11) is 0. The molecule has 10 heteroatoms. The molecule has 1 aliphatic carbocycles. The fraction of sp³-hybridized carbons (Fsp3) is 0.364. The molecule has 32 heavy (non-hydrogen) atoms. The Kier molecular flexibility index (Phi) is 7.11. The van der Waals surface area contributed by atoms with Crippen molar-refractivity contribution >= 4 is 50.8 Å². The molecule has 2 amide bonds. The fourth-order valence-electron chi connectivity index (χ4n) is 3.58. The SMILES string of the molecule is NC(=O)CCOc1ccc(NC(=O)CCSCc2nc3sc4c(c3c(=O)[nH]2)CCC4)cc1. The normalized spacial score (nSPS) is 12.6. The molecule has 0 radical (unpaired) electrons. The summed E-state index contributed by atoms with van der Waals surface area (Å²) in [4.78, 5) is 45.0. The number of aromatic amines is 1. The number of amides is 2. The van der Waals surface area contributed by atoms with Crippen molar-refractivity contribution in [2.45, 2.75) is 37.9 Å². The Morgan fingerprint density at radius 1 is 1.22 bits per heavy atom. The number of carbonyl (C=O) groups excluding carboxylic acids is 2. The molecule has 8 nitrogen and oxygen atoms in total. The number of nitrogens with zero attached hydrogens (tertiary/aromatic N) is 1. The Bertz CT molecular complexity index is 1190. The zero-order valence-electron chi connectivity index (χ0n) is 17.4. The number of fused-ring (bicyclic) bond motifs is 3. The maximum Gasteiger partial charge on any atom is 0.259 e. The van der Waals surface area contributed by atoms with E-state index >= 15 is 0 Å². The van der Waals surface area contributed by atoms with Crippen LogP contribution in [0.5, 0.6) is 5.75 Å². The van der Waals surface area contributed by atoms with Crippen LogP contribution in [-0.2, 0) is 28.2 Å². The van der Waals surface area contributed by atoms with Gasteiger partial charge in [0.05, 0.1) is 24.2 Å². The third kappa shape index (κ3) is 5.49. The van der Waals surface area contributed by atoms with E-state index in [1.807, 2.05) is 0 Å². The Morgan fingerprint density at radius 3 is 2.81 bits per heavy atom. The van der Waals surface area contributed by atoms with Crippen LogP contribution < -0.4 is 21.3 Å². The summed E-state index contributed by atoms with van der Waals surface area (Å²) in [6.45, 7) is 0.222. The summed E-state index contributed by atoms with van der Waals surface area (Å²) in [6, 6.07) is 6.94. The number of hydrogen-bond donors (Lipinski definition) is 3. The maximum absolute atomic E-state index is 12.5. The van der Waals surface area contributed by atoms with Gasteiger partial charge in [-0.3, -0.25) is 14.4 Å². The second-order valence-corrected chi connectivity index (χ2v) is 9.68. The first kappa shape index (κ1) is 22.3. The second kappa shape index (κ2) is 10.2. The molecule has 2 aromatic heterocycles. The molecular formula is C22H24N4O4S2. The zero-order chi connectivity index (χ0) is 22.5. The third-order valence-corrected chi connectivity index (χ3v) is 7.25. The standard InChI is InChI=1S/C22H24N4O4S2/c23-17(27)8-10-30-14-6-4-13(5-7-14)24-19(28)9-11-31-12-18-25-21(29)20-15-2-1-3-16(15)32-22(20)26-18/h4-7H,1-3,8-12H2,(H2,23,27)(H,24,28)(H,25,26,29). The van der Waals surface area contributed by atoms with Crippen molar-refractivity contribution in [2.75, 3.05) is 17.7 Å². The van der Waals surface area contributed by atoms with Gasteiger partial charge in [0.25, 0.3) is 5.56 Å². The highest BCUT2D eigenvalue weighted by atomic mass is 32.2. The Morgan fingerprint density at radius 2 is 2.03 bits per heavy atom. The van der Waals surface area contributed by atoms with Crippen LogP contribution in [-0.4, -0.2) is 34.1 Å². The number of thiophene rings is 1. The number of nitrogens with two attached hydrogens (primary N) is 1. The van der Waals surface area contributed by atoms with Crippen molar-refractivity contribution in [3.8, 4) is 5.75 Å². The number of nitrogens with one attached hydrogen (secondary N) is 2. The molecular weight excluding hydrogens is 448 g/mol. The van der Waals surface area contributed by atoms with Crippen molar-refractivity contribution in [1.82, 2.24) is 9.97 Å². The number of rotatable bonds is 10. The Balaban J connectivity index is 1.21. The molecule has 4 rings (SSSR count). The minimum absolute atomic E-state index is 0.0511. The quantitative estimate of drug-likeness (QED) is 0.389. The number of ether oxygens (including phenoxy) is 1. The van der Waals surface area contributed by atoms with Crippen molar-refractivity contribution in [2.24, 2.45) is 5.73 Å². The minimum atomic E-state index is -0.413. The van der Waals surface area contributed by atoms with Crippen LogP contribution >= 0.6 is 23.1 Å². The first-order valence-corrected chi connectivity index (χ1v) is 12.4. The molecule has 0 saturated heterocycles. The molecule has 0 atom stereocenters. The smallest absolute Gasteiger partial charge is 0.259 e. The first-order chi connectivity index (χ1) is 15.5. The summed E-state index contributed by atoms with van der Waals surface area (Å²) in [5.41, 5.74) is 6.87. The van der Waals surface area contributed by atoms with Gasteiger partial charge in [-0.1, -0.05) is 0 Å². The number of aromatic nitrogens is 2. The molecule has 168 valence electrons. The molecule has 4 N–H and O–H groups in total. The lowest BCUT2D eigenvalue weighted by Crippen LogP contribution is -2.14. The maximum atomic E-state index is 12.5. The van der Waals surface area contributed by atoms with Gasteiger partial charge in [-0.25, -0.2) is 4.98 Å². The average Bonchev–Trinajstić information content (AvgIpc) is 3.33. The van der Waals surface area contributed by atoms with E-state index in [4.69, 9.17) is 10.5 Å². The van der Waals surface area contributed by atoms with Gasteiger partial charge in [-0.05, 0) is 49.1 Å². The van der Waals surface area contributed by atoms with Crippen LogP contribution in [0, 0.1) is 0 Å². The predicted molar refractivity (Wildman–Crippen MR) is 127 cm³/mol. The van der Waals surface area contributed by atoms with Crippen LogP contribution in [0.15, 0.2) is 29.1 Å². The monoisotopic (exact) mass is 472 g/mol. The molecule has 0 bridgehead atoms. The van der Waals surface area contributed by atoms with Crippen LogP contribution in [0.25, 0.3) is 10.2 Å². The number of benzene rings is 1. The van der Waals surface area contributed by atoms with Crippen molar-refractivity contribution in [1.29, 1.82) is 0 Å². The van der Waals surface area contributed by atoms with E-state index in [9.17, 15) is 14.4 Å². The van der Waals surface area contributed by atoms with E-state index in [0.29, 0.717) is 35.2 Å². The number of H-pyrrole nitrogens is 1. The van der Waals surface area contributed by atoms with Gasteiger partial charge in [0, 0.05) is 22.7 Å². The molecule has 0 unspecified atom stereocenters. The van der Waals surface area contributed by atoms with E-state index < -0.39 is 5.91 Å². The van der Waals surface area contributed by atoms with E-state index in [2.05, 4.69) is 15.3 Å². The topological polar surface area (TPSA) is 127 Å². The van der Waals surface area contributed by atoms with Gasteiger partial charge in [-0.15, -0.1) is 11.3 Å². The fourth-order valence-corrected chi connectivity index (χ4v) is 5.66. The lowest BCUT2D eigenvalue weighted by atomic mass is 10.2. The summed E-state index contributed by atoms with van der Waals surface area (Å²) < 4.78 is 5.40. The van der Waals surface area contributed by atoms with Crippen molar-refractivity contribution in [3.63, 3.8) is 0 Å². The molecule has 0 saturated carbocycles. The lowest BCUT2D eigenvalue weighted by Gasteiger charge is -2.08. The van der Waals surface area contributed by atoms with Gasteiger partial charge in [0.15, 0.2) is 0 Å². The summed E-state index contributed by atoms with van der Waals surface area (Å²) in [5, 5.41) is 3.61. The molecule has 0 fully saturated rings. The summed E-state index contributed by atoms with van der Waals surface area (Å²) in [6.07, 6.45) is 3.63. The van der Waals surface area contributed by atoms with Gasteiger partial charge in [0.2, 0.25) is 11.8 Å². The van der Waals surface area contributed by atoms with Gasteiger partial charge < -0.3 is 20.8 Å². The number of anilines is 1. The molecule has 1 aliphatic rings.